The molecule has 0 radical (unpaired) electrons. The zero-order valence-corrected chi connectivity index (χ0v) is 21.9. The van der Waals surface area contributed by atoms with Crippen molar-refractivity contribution in [3.63, 3.8) is 0 Å². The number of nitrogens with one attached hydrogen (secondary N) is 1. The molecule has 2 amide bonds. The number of carbonyl (C=O) groups excluding carboxylic acids is 2. The van der Waals surface area contributed by atoms with Gasteiger partial charge in [-0.15, -0.1) is 0 Å². The van der Waals surface area contributed by atoms with E-state index in [0.717, 1.165) is 23.1 Å². The predicted octanol–water partition coefficient (Wildman–Crippen LogP) is 6.40. The molecular formula is C29H32Cl2N2O2. The van der Waals surface area contributed by atoms with Crippen LogP contribution in [0, 0.1) is 6.92 Å². The molecule has 0 saturated heterocycles. The lowest BCUT2D eigenvalue weighted by Gasteiger charge is -2.33. The molecule has 0 fully saturated rings. The fourth-order valence-corrected chi connectivity index (χ4v) is 4.37. The third-order valence-electron chi connectivity index (χ3n) is 6.23. The van der Waals surface area contributed by atoms with E-state index in [-0.39, 0.29) is 24.3 Å². The van der Waals surface area contributed by atoms with Gasteiger partial charge in [-0.25, -0.2) is 0 Å². The molecule has 2 atom stereocenters. The fraction of sp³-hybridized carbons (Fsp3) is 0.310. The van der Waals surface area contributed by atoms with Crippen LogP contribution in [0.5, 0.6) is 0 Å². The first kappa shape index (κ1) is 26.8. The van der Waals surface area contributed by atoms with Crippen LogP contribution in [0.25, 0.3) is 0 Å². The number of hydrogen-bond donors (Lipinski definition) is 1. The molecule has 184 valence electrons. The fourth-order valence-electron chi connectivity index (χ4n) is 3.90. The summed E-state index contributed by atoms with van der Waals surface area (Å²) in [6, 6.07) is 22.2. The van der Waals surface area contributed by atoms with Gasteiger partial charge < -0.3 is 10.2 Å². The first-order chi connectivity index (χ1) is 16.8. The van der Waals surface area contributed by atoms with Gasteiger partial charge in [-0.1, -0.05) is 90.8 Å². The van der Waals surface area contributed by atoms with E-state index >= 15 is 0 Å². The van der Waals surface area contributed by atoms with Crippen LogP contribution >= 0.6 is 23.2 Å². The van der Waals surface area contributed by atoms with Crippen LogP contribution in [0.15, 0.2) is 72.8 Å². The molecule has 0 aliphatic carbocycles. The second kappa shape index (κ2) is 12.8. The Bertz CT molecular complexity index is 1150. The standard InChI is InChI=1S/C29H32Cl2N2O2/c1-4-21(3)32-29(35)27(16-22-11-6-5-7-12-22)33(19-24-13-9-8-10-20(24)2)28(34)17-23-14-15-25(30)18-26(23)31/h5-15,18,21,27H,4,16-17,19H2,1-3H3,(H,32,35). The number of aryl methyl sites for hydroxylation is 1. The Kier molecular flexibility index (Phi) is 9.76. The highest BCUT2D eigenvalue weighted by atomic mass is 35.5. The zero-order chi connectivity index (χ0) is 25.4. The van der Waals surface area contributed by atoms with Crippen molar-refractivity contribution in [3.05, 3.63) is 105 Å². The second-order valence-corrected chi connectivity index (χ2v) is 9.73. The van der Waals surface area contributed by atoms with Gasteiger partial charge in [-0.3, -0.25) is 9.59 Å². The van der Waals surface area contributed by atoms with E-state index in [9.17, 15) is 9.59 Å². The molecule has 2 unspecified atom stereocenters. The number of benzene rings is 3. The number of nitrogens with zero attached hydrogens (tertiary/aromatic N) is 1. The van der Waals surface area contributed by atoms with Crippen LogP contribution in [0.1, 0.15) is 42.5 Å². The largest absolute Gasteiger partial charge is 0.352 e. The second-order valence-electron chi connectivity index (χ2n) is 8.88. The molecule has 35 heavy (non-hydrogen) atoms. The van der Waals surface area contributed by atoms with Crippen molar-refractivity contribution in [2.75, 3.05) is 0 Å². The molecule has 3 rings (SSSR count). The normalized spacial score (nSPS) is 12.6. The molecule has 4 nitrogen and oxygen atoms in total. The van der Waals surface area contributed by atoms with Crippen LogP contribution < -0.4 is 5.32 Å². The summed E-state index contributed by atoms with van der Waals surface area (Å²) < 4.78 is 0. The van der Waals surface area contributed by atoms with E-state index in [2.05, 4.69) is 5.32 Å². The molecule has 0 spiro atoms. The summed E-state index contributed by atoms with van der Waals surface area (Å²) in [5.74, 6) is -0.329. The maximum absolute atomic E-state index is 13.8. The SMILES string of the molecule is CCC(C)NC(=O)C(Cc1ccccc1)N(Cc1ccccc1C)C(=O)Cc1ccc(Cl)cc1Cl. The minimum atomic E-state index is -0.676. The van der Waals surface area contributed by atoms with E-state index < -0.39 is 6.04 Å². The summed E-state index contributed by atoms with van der Waals surface area (Å²) >= 11 is 12.4. The van der Waals surface area contributed by atoms with Gasteiger partial charge in [-0.2, -0.15) is 0 Å². The molecule has 0 aliphatic heterocycles. The number of halogens is 2. The van der Waals surface area contributed by atoms with E-state index in [1.54, 1.807) is 23.1 Å². The third-order valence-corrected chi connectivity index (χ3v) is 6.82. The van der Waals surface area contributed by atoms with Gasteiger partial charge in [0.15, 0.2) is 0 Å². The van der Waals surface area contributed by atoms with Gasteiger partial charge in [0, 0.05) is 29.1 Å². The summed E-state index contributed by atoms with van der Waals surface area (Å²) in [6.07, 6.45) is 1.29. The van der Waals surface area contributed by atoms with Crippen LogP contribution in [-0.4, -0.2) is 28.8 Å². The smallest absolute Gasteiger partial charge is 0.243 e. The highest BCUT2D eigenvalue weighted by Gasteiger charge is 2.31. The zero-order valence-electron chi connectivity index (χ0n) is 20.4. The van der Waals surface area contributed by atoms with E-state index in [1.165, 1.54) is 0 Å². The molecular weight excluding hydrogens is 479 g/mol. The van der Waals surface area contributed by atoms with Crippen molar-refractivity contribution in [2.45, 2.75) is 58.7 Å². The van der Waals surface area contributed by atoms with Crippen LogP contribution in [0.3, 0.4) is 0 Å². The number of hydrogen-bond acceptors (Lipinski definition) is 2. The summed E-state index contributed by atoms with van der Waals surface area (Å²) in [5, 5.41) is 4.04. The van der Waals surface area contributed by atoms with Crippen molar-refractivity contribution in [1.82, 2.24) is 10.2 Å². The Labute approximate surface area is 218 Å². The number of carbonyl (C=O) groups is 2. The lowest BCUT2D eigenvalue weighted by Crippen LogP contribution is -2.52. The quantitative estimate of drug-likeness (QED) is 0.343. The topological polar surface area (TPSA) is 49.4 Å². The Hall–Kier alpha value is -2.82. The van der Waals surface area contributed by atoms with Gasteiger partial charge in [0.1, 0.15) is 6.04 Å². The van der Waals surface area contributed by atoms with Gasteiger partial charge >= 0.3 is 0 Å². The van der Waals surface area contributed by atoms with Gasteiger partial charge in [0.05, 0.1) is 6.42 Å². The molecule has 0 aliphatic rings. The molecule has 1 N–H and O–H groups in total. The monoisotopic (exact) mass is 510 g/mol. The van der Waals surface area contributed by atoms with Crippen molar-refractivity contribution < 1.29 is 9.59 Å². The highest BCUT2D eigenvalue weighted by molar-refractivity contribution is 6.35. The third kappa shape index (κ3) is 7.58. The van der Waals surface area contributed by atoms with Crippen LogP contribution in [0.2, 0.25) is 10.0 Å². The minimum Gasteiger partial charge on any atom is -0.352 e. The van der Waals surface area contributed by atoms with Gasteiger partial charge in [0.2, 0.25) is 11.8 Å². The van der Waals surface area contributed by atoms with Crippen molar-refractivity contribution in [1.29, 1.82) is 0 Å². The van der Waals surface area contributed by atoms with Crippen LogP contribution in [0.4, 0.5) is 0 Å². The highest BCUT2D eigenvalue weighted by Crippen LogP contribution is 2.24. The molecule has 6 heteroatoms. The average Bonchev–Trinajstić information content (AvgIpc) is 2.84. The molecule has 0 bridgehead atoms. The van der Waals surface area contributed by atoms with E-state index in [1.807, 2.05) is 75.4 Å². The van der Waals surface area contributed by atoms with Gasteiger partial charge in [0.25, 0.3) is 0 Å². The van der Waals surface area contributed by atoms with Gasteiger partial charge in [-0.05, 0) is 54.7 Å². The predicted molar refractivity (Wildman–Crippen MR) is 144 cm³/mol. The van der Waals surface area contributed by atoms with E-state index in [4.69, 9.17) is 23.2 Å². The Morgan fingerprint density at radius 3 is 2.29 bits per heavy atom. The van der Waals surface area contributed by atoms with Crippen molar-refractivity contribution in [2.24, 2.45) is 0 Å². The lowest BCUT2D eigenvalue weighted by atomic mass is 10.00. The molecule has 0 aromatic heterocycles. The number of amides is 2. The Balaban J connectivity index is 2.00. The Morgan fingerprint density at radius 2 is 1.63 bits per heavy atom. The lowest BCUT2D eigenvalue weighted by molar-refractivity contribution is -0.141. The van der Waals surface area contributed by atoms with E-state index in [0.29, 0.717) is 28.6 Å². The molecule has 3 aromatic rings. The first-order valence-corrected chi connectivity index (χ1v) is 12.7. The molecule has 0 heterocycles. The summed E-state index contributed by atoms with van der Waals surface area (Å²) in [4.78, 5) is 29.1. The summed E-state index contributed by atoms with van der Waals surface area (Å²) in [7, 11) is 0. The molecule has 0 saturated carbocycles. The van der Waals surface area contributed by atoms with Crippen molar-refractivity contribution in [3.8, 4) is 0 Å². The Morgan fingerprint density at radius 1 is 0.943 bits per heavy atom. The maximum Gasteiger partial charge on any atom is 0.243 e. The molecule has 3 aromatic carbocycles. The maximum atomic E-state index is 13.8. The van der Waals surface area contributed by atoms with Crippen molar-refractivity contribution >= 4 is 35.0 Å². The number of rotatable bonds is 10. The average molecular weight is 511 g/mol. The summed E-state index contributed by atoms with van der Waals surface area (Å²) in [5.41, 5.74) is 3.73. The minimum absolute atomic E-state index is 0.00176. The first-order valence-electron chi connectivity index (χ1n) is 11.9. The summed E-state index contributed by atoms with van der Waals surface area (Å²) in [6.45, 7) is 6.33. The van der Waals surface area contributed by atoms with Crippen LogP contribution in [-0.2, 0) is 29.0 Å².